The maximum Gasteiger partial charge on any atom is 0.317 e. The minimum absolute atomic E-state index is 0.00192. The van der Waals surface area contributed by atoms with Crippen LogP contribution in [0.3, 0.4) is 0 Å². The van der Waals surface area contributed by atoms with E-state index >= 15 is 0 Å². The number of nitrogens with one attached hydrogen (secondary N) is 1. The Bertz CT molecular complexity index is 931. The third-order valence-corrected chi connectivity index (χ3v) is 5.99. The number of carbonyl (C=O) groups excluding carboxylic acids is 3. The molecule has 0 unspecified atom stereocenters. The molecule has 0 spiro atoms. The van der Waals surface area contributed by atoms with E-state index in [9.17, 15) is 14.4 Å². The first-order valence-corrected chi connectivity index (χ1v) is 10.2. The highest BCUT2D eigenvalue weighted by Gasteiger charge is 2.44. The van der Waals surface area contributed by atoms with E-state index in [0.717, 1.165) is 16.7 Å². The van der Waals surface area contributed by atoms with Crippen LogP contribution in [0.2, 0.25) is 0 Å². The van der Waals surface area contributed by atoms with Crippen LogP contribution >= 0.6 is 0 Å². The topological polar surface area (TPSA) is 75.7 Å². The number of hydrogen-bond acceptors (Lipinski definition) is 4. The Kier molecular flexibility index (Phi) is 6.55. The smallest absolute Gasteiger partial charge is 0.317 e. The number of piperidine rings is 1. The van der Waals surface area contributed by atoms with Crippen molar-refractivity contribution in [1.29, 1.82) is 0 Å². The van der Waals surface area contributed by atoms with Crippen molar-refractivity contribution in [2.45, 2.75) is 39.0 Å². The predicted octanol–water partition coefficient (Wildman–Crippen LogP) is 3.37. The van der Waals surface area contributed by atoms with Gasteiger partial charge in [-0.25, -0.2) is 0 Å². The van der Waals surface area contributed by atoms with Gasteiger partial charge < -0.3 is 15.0 Å². The molecule has 0 atom stereocenters. The van der Waals surface area contributed by atoms with Crippen LogP contribution in [0.25, 0.3) is 0 Å². The first-order chi connectivity index (χ1) is 14.3. The molecular weight excluding hydrogens is 380 g/mol. The van der Waals surface area contributed by atoms with Gasteiger partial charge in [0.15, 0.2) is 6.61 Å². The second-order valence-electron chi connectivity index (χ2n) is 7.83. The maximum absolute atomic E-state index is 13.2. The highest BCUT2D eigenvalue weighted by molar-refractivity contribution is 5.94. The van der Waals surface area contributed by atoms with Crippen molar-refractivity contribution in [2.24, 2.45) is 0 Å². The minimum Gasteiger partial charge on any atom is -0.455 e. The number of ether oxygens (including phenoxy) is 1. The highest BCUT2D eigenvalue weighted by Crippen LogP contribution is 2.37. The molecule has 0 aromatic heterocycles. The Balaban J connectivity index is 1.70. The average Bonchev–Trinajstić information content (AvgIpc) is 2.76. The second kappa shape index (κ2) is 9.11. The molecule has 1 saturated heterocycles. The van der Waals surface area contributed by atoms with E-state index in [2.05, 4.69) is 5.32 Å². The van der Waals surface area contributed by atoms with Crippen LogP contribution in [0.15, 0.2) is 48.5 Å². The molecule has 2 aromatic carbocycles. The Hall–Kier alpha value is -3.15. The summed E-state index contributed by atoms with van der Waals surface area (Å²) in [5.74, 6) is -0.799. The van der Waals surface area contributed by atoms with Crippen LogP contribution in [0, 0.1) is 13.8 Å². The van der Waals surface area contributed by atoms with Crippen molar-refractivity contribution < 1.29 is 19.1 Å². The summed E-state index contributed by atoms with van der Waals surface area (Å²) < 4.78 is 5.48. The SMILES string of the molecule is CC(=O)N1CCC(C(=O)OCC(=O)Nc2cccc(C)c2C)(c2ccccc2)CC1. The molecule has 2 amide bonds. The second-order valence-corrected chi connectivity index (χ2v) is 7.83. The van der Waals surface area contributed by atoms with E-state index < -0.39 is 11.4 Å². The van der Waals surface area contributed by atoms with E-state index in [1.54, 1.807) is 4.90 Å². The normalized spacial score (nSPS) is 15.4. The molecule has 0 aliphatic carbocycles. The molecule has 1 N–H and O–H groups in total. The summed E-state index contributed by atoms with van der Waals surface area (Å²) in [5.41, 5.74) is 2.77. The molecule has 2 aromatic rings. The summed E-state index contributed by atoms with van der Waals surface area (Å²) in [5, 5.41) is 2.81. The number of nitrogens with zero attached hydrogens (tertiary/aromatic N) is 1. The number of amides is 2. The molecule has 3 rings (SSSR count). The third kappa shape index (κ3) is 4.53. The standard InChI is InChI=1S/C24H28N2O4/c1-17-8-7-11-21(18(17)2)25-22(28)16-30-23(29)24(20-9-5-4-6-10-20)12-14-26(15-13-24)19(3)27/h4-11H,12-16H2,1-3H3,(H,25,28). The zero-order valence-corrected chi connectivity index (χ0v) is 17.7. The zero-order chi connectivity index (χ0) is 21.7. The Labute approximate surface area is 177 Å². The third-order valence-electron chi connectivity index (χ3n) is 5.99. The van der Waals surface area contributed by atoms with Crippen molar-refractivity contribution >= 4 is 23.5 Å². The van der Waals surface area contributed by atoms with Gasteiger partial charge in [-0.1, -0.05) is 42.5 Å². The summed E-state index contributed by atoms with van der Waals surface area (Å²) in [6.07, 6.45) is 0.933. The molecule has 1 aliphatic rings. The van der Waals surface area contributed by atoms with E-state index in [0.29, 0.717) is 31.6 Å². The summed E-state index contributed by atoms with van der Waals surface area (Å²) in [4.78, 5) is 39.0. The number of likely N-dealkylation sites (tertiary alicyclic amines) is 1. The van der Waals surface area contributed by atoms with Gasteiger partial charge >= 0.3 is 5.97 Å². The van der Waals surface area contributed by atoms with Crippen LogP contribution in [-0.2, 0) is 24.5 Å². The van der Waals surface area contributed by atoms with Gasteiger partial charge in [0.1, 0.15) is 0 Å². The fourth-order valence-electron chi connectivity index (χ4n) is 3.91. The summed E-state index contributed by atoms with van der Waals surface area (Å²) in [6.45, 7) is 6.05. The van der Waals surface area contributed by atoms with Gasteiger partial charge in [-0.05, 0) is 49.4 Å². The Morgan fingerprint density at radius 3 is 2.30 bits per heavy atom. The Morgan fingerprint density at radius 2 is 1.67 bits per heavy atom. The lowest BCUT2D eigenvalue weighted by molar-refractivity contribution is -0.156. The van der Waals surface area contributed by atoms with Crippen molar-refractivity contribution in [2.75, 3.05) is 25.0 Å². The fourth-order valence-corrected chi connectivity index (χ4v) is 3.91. The van der Waals surface area contributed by atoms with Crippen molar-refractivity contribution in [3.63, 3.8) is 0 Å². The zero-order valence-electron chi connectivity index (χ0n) is 17.7. The number of benzene rings is 2. The number of esters is 1. The van der Waals surface area contributed by atoms with Crippen molar-refractivity contribution in [3.8, 4) is 0 Å². The first-order valence-electron chi connectivity index (χ1n) is 10.2. The predicted molar refractivity (Wildman–Crippen MR) is 115 cm³/mol. The molecular formula is C24H28N2O4. The van der Waals surface area contributed by atoms with Crippen molar-refractivity contribution in [1.82, 2.24) is 4.90 Å². The van der Waals surface area contributed by atoms with Gasteiger partial charge in [0, 0.05) is 25.7 Å². The van der Waals surface area contributed by atoms with Gasteiger partial charge in [-0.2, -0.15) is 0 Å². The highest BCUT2D eigenvalue weighted by atomic mass is 16.5. The molecule has 6 heteroatoms. The number of rotatable bonds is 5. The minimum atomic E-state index is -0.854. The van der Waals surface area contributed by atoms with E-state index in [1.165, 1.54) is 6.92 Å². The molecule has 0 saturated carbocycles. The quantitative estimate of drug-likeness (QED) is 0.770. The number of aryl methyl sites for hydroxylation is 1. The van der Waals surface area contributed by atoms with E-state index in [4.69, 9.17) is 4.74 Å². The van der Waals surface area contributed by atoms with Crippen LogP contribution < -0.4 is 5.32 Å². The lowest BCUT2D eigenvalue weighted by atomic mass is 9.72. The van der Waals surface area contributed by atoms with Gasteiger partial charge in [-0.15, -0.1) is 0 Å². The largest absolute Gasteiger partial charge is 0.455 e. The molecule has 0 radical (unpaired) electrons. The van der Waals surface area contributed by atoms with Crippen molar-refractivity contribution in [3.05, 3.63) is 65.2 Å². The lowest BCUT2D eigenvalue weighted by Gasteiger charge is -2.40. The lowest BCUT2D eigenvalue weighted by Crippen LogP contribution is -2.49. The molecule has 158 valence electrons. The average molecular weight is 408 g/mol. The van der Waals surface area contributed by atoms with Crippen LogP contribution in [0.5, 0.6) is 0 Å². The fraction of sp³-hybridized carbons (Fsp3) is 0.375. The van der Waals surface area contributed by atoms with Gasteiger partial charge in [-0.3, -0.25) is 14.4 Å². The molecule has 1 fully saturated rings. The monoisotopic (exact) mass is 408 g/mol. The summed E-state index contributed by atoms with van der Waals surface area (Å²) in [6, 6.07) is 15.1. The molecule has 1 heterocycles. The number of anilines is 1. The molecule has 30 heavy (non-hydrogen) atoms. The summed E-state index contributed by atoms with van der Waals surface area (Å²) >= 11 is 0. The van der Waals surface area contributed by atoms with Gasteiger partial charge in [0.2, 0.25) is 5.91 Å². The number of hydrogen-bond donors (Lipinski definition) is 1. The number of carbonyl (C=O) groups is 3. The first kappa shape index (κ1) is 21.6. The van der Waals surface area contributed by atoms with E-state index in [1.807, 2.05) is 62.4 Å². The van der Waals surface area contributed by atoms with Gasteiger partial charge in [0.25, 0.3) is 5.91 Å². The molecule has 1 aliphatic heterocycles. The Morgan fingerprint density at radius 1 is 1.00 bits per heavy atom. The maximum atomic E-state index is 13.2. The molecule has 6 nitrogen and oxygen atoms in total. The van der Waals surface area contributed by atoms with E-state index in [-0.39, 0.29) is 18.4 Å². The van der Waals surface area contributed by atoms with Crippen LogP contribution in [0.1, 0.15) is 36.5 Å². The molecule has 0 bridgehead atoms. The van der Waals surface area contributed by atoms with Crippen LogP contribution in [-0.4, -0.2) is 42.4 Å². The van der Waals surface area contributed by atoms with Gasteiger partial charge in [0.05, 0.1) is 5.41 Å². The summed E-state index contributed by atoms with van der Waals surface area (Å²) in [7, 11) is 0. The van der Waals surface area contributed by atoms with Crippen LogP contribution in [0.4, 0.5) is 5.69 Å².